The minimum absolute atomic E-state index is 0.579. The second kappa shape index (κ2) is 5.07. The smallest absolute Gasteiger partial charge is 0.0992 e. The molecule has 0 atom stereocenters. The summed E-state index contributed by atoms with van der Waals surface area (Å²) in [7, 11) is 0. The Morgan fingerprint density at radius 1 is 1.42 bits per heavy atom. The number of aromatic nitrogens is 2. The van der Waals surface area contributed by atoms with Gasteiger partial charge in [0.1, 0.15) is 0 Å². The number of rotatable bonds is 3. The highest BCUT2D eigenvalue weighted by Gasteiger charge is 2.18. The van der Waals surface area contributed by atoms with Crippen LogP contribution < -0.4 is 0 Å². The number of hydrogen-bond acceptors (Lipinski definition) is 2. The predicted octanol–water partition coefficient (Wildman–Crippen LogP) is 3.88. The third kappa shape index (κ3) is 2.50. The second-order valence-electron chi connectivity index (χ2n) is 5.05. The predicted molar refractivity (Wildman–Crippen MR) is 74.7 cm³/mol. The van der Waals surface area contributed by atoms with Gasteiger partial charge in [0.15, 0.2) is 0 Å². The van der Waals surface area contributed by atoms with E-state index in [2.05, 4.69) is 11.2 Å². The van der Waals surface area contributed by atoms with Gasteiger partial charge in [0.2, 0.25) is 0 Å². The highest BCUT2D eigenvalue weighted by Crippen LogP contribution is 2.30. The quantitative estimate of drug-likeness (QED) is 0.850. The monoisotopic (exact) mass is 271 g/mol. The van der Waals surface area contributed by atoms with Crippen LogP contribution in [-0.4, -0.2) is 9.78 Å². The van der Waals surface area contributed by atoms with E-state index in [4.69, 9.17) is 16.9 Å². The van der Waals surface area contributed by atoms with Crippen molar-refractivity contribution in [1.82, 2.24) is 9.78 Å². The Kier molecular flexibility index (Phi) is 3.27. The Bertz CT molecular complexity index is 635. The number of benzene rings is 1. The molecule has 1 saturated carbocycles. The van der Waals surface area contributed by atoms with E-state index in [-0.39, 0.29) is 0 Å². The highest BCUT2D eigenvalue weighted by atomic mass is 35.5. The lowest BCUT2D eigenvalue weighted by atomic mass is 9.85. The molecule has 0 bridgehead atoms. The van der Waals surface area contributed by atoms with Crippen molar-refractivity contribution in [2.45, 2.75) is 25.8 Å². The maximum Gasteiger partial charge on any atom is 0.0992 e. The lowest BCUT2D eigenvalue weighted by Crippen LogP contribution is -2.18. The Morgan fingerprint density at radius 2 is 2.26 bits per heavy atom. The second-order valence-corrected chi connectivity index (χ2v) is 5.46. The molecule has 0 unspecified atom stereocenters. The first-order valence-corrected chi connectivity index (χ1v) is 6.86. The average Bonchev–Trinajstić information content (AvgIpc) is 2.82. The van der Waals surface area contributed by atoms with Gasteiger partial charge in [0.05, 0.1) is 17.8 Å². The minimum Gasteiger partial charge on any atom is -0.272 e. The number of nitriles is 1. The molecule has 19 heavy (non-hydrogen) atoms. The normalized spacial score (nSPS) is 14.9. The molecule has 1 aliphatic carbocycles. The topological polar surface area (TPSA) is 41.6 Å². The Labute approximate surface area is 117 Å². The van der Waals surface area contributed by atoms with Crippen LogP contribution in [0.4, 0.5) is 0 Å². The molecule has 0 spiro atoms. The molecule has 2 aromatic rings. The van der Waals surface area contributed by atoms with Crippen molar-refractivity contribution in [3.8, 4) is 17.2 Å². The molecule has 1 aromatic heterocycles. The molecule has 0 radical (unpaired) electrons. The summed E-state index contributed by atoms with van der Waals surface area (Å²) >= 11 is 6.21. The molecule has 0 N–H and O–H groups in total. The summed E-state index contributed by atoms with van der Waals surface area (Å²) in [6, 6.07) is 7.45. The molecule has 3 rings (SSSR count). The summed E-state index contributed by atoms with van der Waals surface area (Å²) in [5.74, 6) is 0.782. The van der Waals surface area contributed by atoms with E-state index < -0.39 is 0 Å². The van der Waals surface area contributed by atoms with E-state index in [0.29, 0.717) is 10.6 Å². The molecular formula is C15H14ClN3. The van der Waals surface area contributed by atoms with Crippen LogP contribution in [0.1, 0.15) is 24.8 Å². The molecular weight excluding hydrogens is 258 g/mol. The van der Waals surface area contributed by atoms with Gasteiger partial charge in [0, 0.05) is 28.9 Å². The summed E-state index contributed by atoms with van der Waals surface area (Å²) in [6.45, 7) is 0.994. The van der Waals surface area contributed by atoms with Crippen molar-refractivity contribution >= 4 is 11.6 Å². The van der Waals surface area contributed by atoms with Crippen LogP contribution in [0, 0.1) is 17.2 Å². The van der Waals surface area contributed by atoms with Crippen LogP contribution in [0.3, 0.4) is 0 Å². The van der Waals surface area contributed by atoms with E-state index >= 15 is 0 Å². The zero-order valence-electron chi connectivity index (χ0n) is 10.5. The first-order chi connectivity index (χ1) is 9.26. The van der Waals surface area contributed by atoms with Gasteiger partial charge in [-0.1, -0.05) is 24.1 Å². The van der Waals surface area contributed by atoms with E-state index in [1.807, 2.05) is 23.1 Å². The van der Waals surface area contributed by atoms with Crippen molar-refractivity contribution < 1.29 is 0 Å². The van der Waals surface area contributed by atoms with Gasteiger partial charge in [-0.15, -0.1) is 0 Å². The molecule has 1 fully saturated rings. The SMILES string of the molecule is N#Cc1ccc(-c2cnn(CC3CCC3)c2)c(Cl)c1. The molecule has 4 heteroatoms. The summed E-state index contributed by atoms with van der Waals surface area (Å²) in [5.41, 5.74) is 2.52. The summed E-state index contributed by atoms with van der Waals surface area (Å²) in [6.07, 6.45) is 7.84. The first kappa shape index (κ1) is 12.3. The standard InChI is InChI=1S/C15H14ClN3/c16-15-6-12(7-17)4-5-14(15)13-8-18-19(10-13)9-11-2-1-3-11/h4-6,8,10-11H,1-3,9H2. The van der Waals surface area contributed by atoms with Gasteiger partial charge in [0.25, 0.3) is 0 Å². The largest absolute Gasteiger partial charge is 0.272 e. The van der Waals surface area contributed by atoms with Gasteiger partial charge < -0.3 is 0 Å². The van der Waals surface area contributed by atoms with Gasteiger partial charge in [-0.25, -0.2) is 0 Å². The third-order valence-electron chi connectivity index (χ3n) is 3.71. The Hall–Kier alpha value is -1.79. The molecule has 1 heterocycles. The van der Waals surface area contributed by atoms with Crippen molar-refractivity contribution in [3.63, 3.8) is 0 Å². The van der Waals surface area contributed by atoms with Crippen LogP contribution >= 0.6 is 11.6 Å². The Morgan fingerprint density at radius 3 is 2.89 bits per heavy atom. The van der Waals surface area contributed by atoms with Gasteiger partial charge >= 0.3 is 0 Å². The minimum atomic E-state index is 0.579. The third-order valence-corrected chi connectivity index (χ3v) is 4.03. The zero-order valence-corrected chi connectivity index (χ0v) is 11.3. The van der Waals surface area contributed by atoms with Crippen LogP contribution in [0.25, 0.3) is 11.1 Å². The molecule has 0 aliphatic heterocycles. The fraction of sp³-hybridized carbons (Fsp3) is 0.333. The average molecular weight is 272 g/mol. The molecule has 1 aliphatic rings. The lowest BCUT2D eigenvalue weighted by molar-refractivity contribution is 0.266. The van der Waals surface area contributed by atoms with E-state index in [0.717, 1.165) is 23.6 Å². The van der Waals surface area contributed by atoms with Crippen molar-refractivity contribution in [1.29, 1.82) is 5.26 Å². The Balaban J connectivity index is 1.83. The lowest BCUT2D eigenvalue weighted by Gasteiger charge is -2.24. The molecule has 1 aromatic carbocycles. The number of hydrogen-bond donors (Lipinski definition) is 0. The molecule has 0 amide bonds. The van der Waals surface area contributed by atoms with Crippen LogP contribution in [0.2, 0.25) is 5.02 Å². The summed E-state index contributed by atoms with van der Waals surface area (Å²) in [4.78, 5) is 0. The van der Waals surface area contributed by atoms with E-state index in [9.17, 15) is 0 Å². The van der Waals surface area contributed by atoms with Crippen molar-refractivity contribution in [2.24, 2.45) is 5.92 Å². The van der Waals surface area contributed by atoms with Crippen molar-refractivity contribution in [2.75, 3.05) is 0 Å². The molecule has 3 nitrogen and oxygen atoms in total. The number of halogens is 1. The van der Waals surface area contributed by atoms with Gasteiger partial charge in [-0.3, -0.25) is 4.68 Å². The van der Waals surface area contributed by atoms with E-state index in [1.165, 1.54) is 19.3 Å². The number of nitrogens with zero attached hydrogens (tertiary/aromatic N) is 3. The van der Waals surface area contributed by atoms with Crippen LogP contribution in [-0.2, 0) is 6.54 Å². The maximum absolute atomic E-state index is 8.84. The van der Waals surface area contributed by atoms with Crippen molar-refractivity contribution in [3.05, 3.63) is 41.2 Å². The summed E-state index contributed by atoms with van der Waals surface area (Å²) < 4.78 is 1.99. The van der Waals surface area contributed by atoms with Gasteiger partial charge in [-0.05, 0) is 30.9 Å². The molecule has 0 saturated heterocycles. The fourth-order valence-electron chi connectivity index (χ4n) is 2.36. The maximum atomic E-state index is 8.84. The zero-order chi connectivity index (χ0) is 13.2. The van der Waals surface area contributed by atoms with Crippen LogP contribution in [0.15, 0.2) is 30.6 Å². The van der Waals surface area contributed by atoms with Crippen LogP contribution in [0.5, 0.6) is 0 Å². The summed E-state index contributed by atoms with van der Waals surface area (Å²) in [5, 5.41) is 13.8. The fourth-order valence-corrected chi connectivity index (χ4v) is 2.65. The first-order valence-electron chi connectivity index (χ1n) is 6.49. The van der Waals surface area contributed by atoms with E-state index in [1.54, 1.807) is 12.1 Å². The highest BCUT2D eigenvalue weighted by molar-refractivity contribution is 6.33. The molecule has 96 valence electrons. The van der Waals surface area contributed by atoms with Gasteiger partial charge in [-0.2, -0.15) is 10.4 Å².